The van der Waals surface area contributed by atoms with Crippen molar-refractivity contribution in [1.82, 2.24) is 15.3 Å². The Morgan fingerprint density at radius 2 is 2.04 bits per heavy atom. The number of aryl methyl sites for hydroxylation is 1. The molecular weight excluding hydrogens is 304 g/mol. The maximum absolute atomic E-state index is 12.1. The van der Waals surface area contributed by atoms with Crippen LogP contribution in [0, 0.1) is 12.8 Å². The molecule has 1 aromatic carbocycles. The molecule has 1 aliphatic rings. The Bertz CT molecular complexity index is 711. The number of carbonyl (C=O) groups excluding carboxylic acids is 1. The number of rotatable bonds is 5. The van der Waals surface area contributed by atoms with Crippen LogP contribution in [0.25, 0.3) is 10.9 Å². The van der Waals surface area contributed by atoms with Crippen molar-refractivity contribution in [1.29, 1.82) is 0 Å². The van der Waals surface area contributed by atoms with Crippen LogP contribution in [0.5, 0.6) is 0 Å². The number of benzene rings is 1. The average molecular weight is 328 g/mol. The van der Waals surface area contributed by atoms with Gasteiger partial charge in [0.25, 0.3) is 0 Å². The molecule has 0 aliphatic carbocycles. The molecule has 3 rings (SSSR count). The molecule has 128 valence electrons. The zero-order chi connectivity index (χ0) is 16.9. The highest BCUT2D eigenvalue weighted by Gasteiger charge is 2.26. The van der Waals surface area contributed by atoms with E-state index in [-0.39, 0.29) is 11.8 Å². The van der Waals surface area contributed by atoms with E-state index in [1.165, 1.54) is 0 Å². The smallest absolute Gasteiger partial charge is 0.226 e. The maximum atomic E-state index is 12.1. The molecule has 1 saturated heterocycles. The van der Waals surface area contributed by atoms with Crippen molar-refractivity contribution in [2.75, 3.05) is 38.3 Å². The summed E-state index contributed by atoms with van der Waals surface area (Å²) in [5.74, 6) is 0.964. The molecule has 1 fully saturated rings. The van der Waals surface area contributed by atoms with Gasteiger partial charge in [0.15, 0.2) is 0 Å². The number of nitrogens with one attached hydrogen (secondary N) is 1. The number of aromatic nitrogens is 2. The van der Waals surface area contributed by atoms with Gasteiger partial charge in [-0.15, -0.1) is 0 Å². The van der Waals surface area contributed by atoms with Crippen molar-refractivity contribution in [3.8, 4) is 0 Å². The lowest BCUT2D eigenvalue weighted by atomic mass is 9.96. The molecule has 0 bridgehead atoms. The van der Waals surface area contributed by atoms with E-state index in [0.29, 0.717) is 13.2 Å². The molecule has 1 aromatic heterocycles. The summed E-state index contributed by atoms with van der Waals surface area (Å²) in [6, 6.07) is 8.07. The summed E-state index contributed by atoms with van der Waals surface area (Å²) in [5.41, 5.74) is 1.97. The topological polar surface area (TPSA) is 67.3 Å². The molecule has 6 nitrogen and oxygen atoms in total. The van der Waals surface area contributed by atoms with E-state index in [0.717, 1.165) is 48.5 Å². The molecule has 0 unspecified atom stereocenters. The summed E-state index contributed by atoms with van der Waals surface area (Å²) < 4.78 is 4.96. The first-order valence-corrected chi connectivity index (χ1v) is 8.44. The number of fused-ring (bicyclic) bond motifs is 1. The van der Waals surface area contributed by atoms with E-state index >= 15 is 0 Å². The van der Waals surface area contributed by atoms with Crippen molar-refractivity contribution in [3.05, 3.63) is 30.0 Å². The van der Waals surface area contributed by atoms with Gasteiger partial charge in [-0.25, -0.2) is 9.97 Å². The molecule has 2 aromatic rings. The second-order valence-electron chi connectivity index (χ2n) is 6.17. The standard InChI is InChI=1S/C18H24N4O2/c1-13-15-5-3-4-6-16(15)21-18(20-13)22-10-7-14(8-11-22)17(23)19-9-12-24-2/h3-6,14H,7-12H2,1-2H3,(H,19,23). The van der Waals surface area contributed by atoms with Crippen LogP contribution in [0.1, 0.15) is 18.5 Å². The van der Waals surface area contributed by atoms with Gasteiger partial charge in [-0.3, -0.25) is 4.79 Å². The third-order valence-electron chi connectivity index (χ3n) is 4.54. The fourth-order valence-electron chi connectivity index (χ4n) is 3.12. The summed E-state index contributed by atoms with van der Waals surface area (Å²) in [7, 11) is 1.64. The van der Waals surface area contributed by atoms with Gasteiger partial charge >= 0.3 is 0 Å². The van der Waals surface area contributed by atoms with Gasteiger partial charge in [-0.05, 0) is 25.8 Å². The quantitative estimate of drug-likeness (QED) is 0.849. The largest absolute Gasteiger partial charge is 0.383 e. The first-order chi connectivity index (χ1) is 11.7. The number of hydrogen-bond donors (Lipinski definition) is 1. The number of piperidine rings is 1. The second-order valence-corrected chi connectivity index (χ2v) is 6.17. The minimum absolute atomic E-state index is 0.0691. The molecule has 1 N–H and O–H groups in total. The van der Waals surface area contributed by atoms with Gasteiger partial charge < -0.3 is 15.0 Å². The zero-order valence-electron chi connectivity index (χ0n) is 14.3. The molecule has 0 spiro atoms. The number of nitrogens with zero attached hydrogens (tertiary/aromatic N) is 3. The molecule has 6 heteroatoms. The van der Waals surface area contributed by atoms with Crippen molar-refractivity contribution in [3.63, 3.8) is 0 Å². The van der Waals surface area contributed by atoms with Crippen molar-refractivity contribution in [2.24, 2.45) is 5.92 Å². The monoisotopic (exact) mass is 328 g/mol. The predicted molar refractivity (Wildman–Crippen MR) is 94.1 cm³/mol. The summed E-state index contributed by atoms with van der Waals surface area (Å²) >= 11 is 0. The fraction of sp³-hybridized carbons (Fsp3) is 0.500. The highest BCUT2D eigenvalue weighted by atomic mass is 16.5. The van der Waals surface area contributed by atoms with Gasteiger partial charge in [-0.1, -0.05) is 18.2 Å². The highest BCUT2D eigenvalue weighted by Crippen LogP contribution is 2.23. The number of ether oxygens (including phenoxy) is 1. The number of carbonyl (C=O) groups is 1. The Morgan fingerprint density at radius 3 is 2.79 bits per heavy atom. The number of methoxy groups -OCH3 is 1. The van der Waals surface area contributed by atoms with Gasteiger partial charge in [0.05, 0.1) is 17.8 Å². The van der Waals surface area contributed by atoms with Crippen LogP contribution in [-0.4, -0.2) is 49.2 Å². The fourth-order valence-corrected chi connectivity index (χ4v) is 3.12. The minimum atomic E-state index is 0.0691. The van der Waals surface area contributed by atoms with Crippen LogP contribution >= 0.6 is 0 Å². The normalized spacial score (nSPS) is 15.7. The second kappa shape index (κ2) is 7.57. The molecule has 0 atom stereocenters. The Hall–Kier alpha value is -2.21. The molecule has 0 saturated carbocycles. The Balaban J connectivity index is 1.63. The van der Waals surface area contributed by atoms with Crippen LogP contribution in [0.4, 0.5) is 5.95 Å². The summed E-state index contributed by atoms with van der Waals surface area (Å²) in [4.78, 5) is 23.6. The van der Waals surface area contributed by atoms with Crippen molar-refractivity contribution >= 4 is 22.8 Å². The van der Waals surface area contributed by atoms with Crippen LogP contribution in [0.15, 0.2) is 24.3 Å². The number of para-hydroxylation sites is 1. The lowest BCUT2D eigenvalue weighted by molar-refractivity contribution is -0.125. The Kier molecular flexibility index (Phi) is 5.25. The SMILES string of the molecule is COCCNC(=O)C1CCN(c2nc(C)c3ccccc3n2)CC1. The van der Waals surface area contributed by atoms with Crippen molar-refractivity contribution < 1.29 is 9.53 Å². The first-order valence-electron chi connectivity index (χ1n) is 8.44. The molecule has 2 heterocycles. The van der Waals surface area contributed by atoms with Gasteiger partial charge in [-0.2, -0.15) is 0 Å². The molecule has 24 heavy (non-hydrogen) atoms. The average Bonchev–Trinajstić information content (AvgIpc) is 2.62. The third kappa shape index (κ3) is 3.64. The summed E-state index contributed by atoms with van der Waals surface area (Å²) in [5, 5.41) is 4.02. The molecule has 0 radical (unpaired) electrons. The lowest BCUT2D eigenvalue weighted by Gasteiger charge is -2.31. The molecule has 1 amide bonds. The molecular formula is C18H24N4O2. The molecule has 1 aliphatic heterocycles. The first kappa shape index (κ1) is 16.6. The zero-order valence-corrected chi connectivity index (χ0v) is 14.3. The van der Waals surface area contributed by atoms with Crippen molar-refractivity contribution in [2.45, 2.75) is 19.8 Å². The maximum Gasteiger partial charge on any atom is 0.226 e. The van der Waals surface area contributed by atoms with Crippen LogP contribution < -0.4 is 10.2 Å². The number of hydrogen-bond acceptors (Lipinski definition) is 5. The van der Waals surface area contributed by atoms with Crippen LogP contribution in [-0.2, 0) is 9.53 Å². The van der Waals surface area contributed by atoms with Gasteiger partial charge in [0, 0.05) is 38.0 Å². The van der Waals surface area contributed by atoms with E-state index in [4.69, 9.17) is 4.74 Å². The Morgan fingerprint density at radius 1 is 1.29 bits per heavy atom. The number of amides is 1. The number of anilines is 1. The van der Waals surface area contributed by atoms with E-state index < -0.39 is 0 Å². The van der Waals surface area contributed by atoms with Crippen LogP contribution in [0.3, 0.4) is 0 Å². The predicted octanol–water partition coefficient (Wildman–Crippen LogP) is 1.92. The van der Waals surface area contributed by atoms with E-state index in [1.807, 2.05) is 31.2 Å². The van der Waals surface area contributed by atoms with E-state index in [2.05, 4.69) is 20.2 Å². The van der Waals surface area contributed by atoms with E-state index in [9.17, 15) is 4.79 Å². The summed E-state index contributed by atoms with van der Waals surface area (Å²) in [6.07, 6.45) is 1.65. The van der Waals surface area contributed by atoms with Gasteiger partial charge in [0.2, 0.25) is 11.9 Å². The third-order valence-corrected chi connectivity index (χ3v) is 4.54. The highest BCUT2D eigenvalue weighted by molar-refractivity contribution is 5.82. The van der Waals surface area contributed by atoms with Crippen LogP contribution in [0.2, 0.25) is 0 Å². The van der Waals surface area contributed by atoms with E-state index in [1.54, 1.807) is 7.11 Å². The lowest BCUT2D eigenvalue weighted by Crippen LogP contribution is -2.41. The van der Waals surface area contributed by atoms with Gasteiger partial charge in [0.1, 0.15) is 0 Å². The minimum Gasteiger partial charge on any atom is -0.383 e. The summed E-state index contributed by atoms with van der Waals surface area (Å²) in [6.45, 7) is 4.75. The Labute approximate surface area is 142 Å².